The lowest BCUT2D eigenvalue weighted by Crippen LogP contribution is -2.21. The Hall–Kier alpha value is 0.0249. The van der Waals surface area contributed by atoms with Crippen molar-refractivity contribution in [2.75, 3.05) is 13.1 Å². The van der Waals surface area contributed by atoms with Gasteiger partial charge in [0.25, 0.3) is 0 Å². The summed E-state index contributed by atoms with van der Waals surface area (Å²) in [5.41, 5.74) is 0. The molecule has 0 saturated carbocycles. The zero-order valence-electron chi connectivity index (χ0n) is 6.56. The van der Waals surface area contributed by atoms with Gasteiger partial charge in [0.05, 0.1) is 0 Å². The third-order valence-electron chi connectivity index (χ3n) is 1.31. The second kappa shape index (κ2) is 6.15. The topological polar surface area (TPSA) is 3.24 Å². The van der Waals surface area contributed by atoms with E-state index in [1.54, 1.807) is 0 Å². The maximum absolute atomic E-state index is 5.60. The third-order valence-corrected chi connectivity index (χ3v) is 1.31. The largest absolute Gasteiger partial charge is 0.353 e. The summed E-state index contributed by atoms with van der Waals surface area (Å²) in [4.78, 5) is 1.89. The van der Waals surface area contributed by atoms with E-state index < -0.39 is 0 Å². The summed E-state index contributed by atoms with van der Waals surface area (Å²) in [5, 5.41) is 0. The highest BCUT2D eigenvalue weighted by atomic mass is 15.0. The van der Waals surface area contributed by atoms with Crippen molar-refractivity contribution in [1.82, 2.24) is 4.81 Å². The van der Waals surface area contributed by atoms with Gasteiger partial charge >= 0.3 is 0 Å². The molecule has 52 valence electrons. The van der Waals surface area contributed by atoms with Crippen LogP contribution in [0.4, 0.5) is 0 Å². The van der Waals surface area contributed by atoms with Crippen molar-refractivity contribution in [3.05, 3.63) is 0 Å². The Morgan fingerprint density at radius 1 is 1.11 bits per heavy atom. The molecule has 9 heavy (non-hydrogen) atoms. The number of rotatable bonds is 5. The summed E-state index contributed by atoms with van der Waals surface area (Å²) in [6.07, 6.45) is 3.61. The fraction of sp³-hybridized carbons (Fsp3) is 1.00. The van der Waals surface area contributed by atoms with Crippen LogP contribution in [0.3, 0.4) is 0 Å². The van der Waals surface area contributed by atoms with Gasteiger partial charge in [-0.2, -0.15) is 0 Å². The van der Waals surface area contributed by atoms with Gasteiger partial charge in [0.1, 0.15) is 0 Å². The predicted octanol–water partition coefficient (Wildman–Crippen LogP) is 1.58. The van der Waals surface area contributed by atoms with Crippen LogP contribution in [0.5, 0.6) is 0 Å². The minimum atomic E-state index is 1.03. The first kappa shape index (κ1) is 9.02. The lowest BCUT2D eigenvalue weighted by Gasteiger charge is -2.14. The Morgan fingerprint density at radius 2 is 1.78 bits per heavy atom. The van der Waals surface area contributed by atoms with Crippen LogP contribution in [0, 0.1) is 0 Å². The number of unbranched alkanes of at least 4 members (excludes halogenated alkanes) is 1. The molecule has 0 unspecified atom stereocenters. The molecule has 0 aromatic rings. The molecule has 2 radical (unpaired) electrons. The average Bonchev–Trinajstić information content (AvgIpc) is 1.85. The molecular formula is C7H16BN. The van der Waals surface area contributed by atoms with E-state index in [-0.39, 0.29) is 0 Å². The molecule has 0 bridgehead atoms. The SMILES string of the molecule is [B]N(CCC)CCCC. The summed E-state index contributed by atoms with van der Waals surface area (Å²) in [7, 11) is 5.60. The van der Waals surface area contributed by atoms with Crippen molar-refractivity contribution in [3.63, 3.8) is 0 Å². The highest BCUT2D eigenvalue weighted by Gasteiger charge is 1.92. The van der Waals surface area contributed by atoms with Gasteiger partial charge in [0, 0.05) is 0 Å². The minimum absolute atomic E-state index is 1.03. The summed E-state index contributed by atoms with van der Waals surface area (Å²) < 4.78 is 0. The predicted molar refractivity (Wildman–Crippen MR) is 42.5 cm³/mol. The van der Waals surface area contributed by atoms with E-state index in [0.29, 0.717) is 0 Å². The summed E-state index contributed by atoms with van der Waals surface area (Å²) in [6, 6.07) is 0. The molecule has 0 atom stereocenters. The van der Waals surface area contributed by atoms with Gasteiger partial charge in [0.2, 0.25) is 0 Å². The first-order chi connectivity index (χ1) is 4.31. The monoisotopic (exact) mass is 125 g/mol. The molecule has 0 aromatic heterocycles. The van der Waals surface area contributed by atoms with E-state index in [1.807, 2.05) is 4.81 Å². The van der Waals surface area contributed by atoms with Crippen LogP contribution in [-0.4, -0.2) is 25.9 Å². The summed E-state index contributed by atoms with van der Waals surface area (Å²) in [6.45, 7) is 6.40. The van der Waals surface area contributed by atoms with E-state index in [2.05, 4.69) is 13.8 Å². The van der Waals surface area contributed by atoms with Crippen molar-refractivity contribution in [1.29, 1.82) is 0 Å². The summed E-state index contributed by atoms with van der Waals surface area (Å²) in [5.74, 6) is 0. The van der Waals surface area contributed by atoms with Gasteiger partial charge in [-0.25, -0.2) is 0 Å². The standard InChI is InChI=1S/C7H16BN/c1-3-5-7-9(8)6-4-2/h3-7H2,1-2H3. The molecule has 1 nitrogen and oxygen atoms in total. The average molecular weight is 125 g/mol. The number of hydrogen-bond acceptors (Lipinski definition) is 1. The van der Waals surface area contributed by atoms with Gasteiger partial charge in [0.15, 0.2) is 7.98 Å². The quantitative estimate of drug-likeness (QED) is 0.504. The van der Waals surface area contributed by atoms with Crippen molar-refractivity contribution < 1.29 is 0 Å². The fourth-order valence-electron chi connectivity index (χ4n) is 0.760. The molecule has 0 fully saturated rings. The van der Waals surface area contributed by atoms with Gasteiger partial charge in [-0.15, -0.1) is 0 Å². The molecule has 0 aliphatic heterocycles. The van der Waals surface area contributed by atoms with E-state index in [1.165, 1.54) is 12.8 Å². The Morgan fingerprint density at radius 3 is 2.22 bits per heavy atom. The van der Waals surface area contributed by atoms with E-state index in [4.69, 9.17) is 7.98 Å². The van der Waals surface area contributed by atoms with Crippen LogP contribution >= 0.6 is 0 Å². The van der Waals surface area contributed by atoms with Crippen LogP contribution in [0.2, 0.25) is 0 Å². The zero-order chi connectivity index (χ0) is 7.11. The van der Waals surface area contributed by atoms with E-state index in [0.717, 1.165) is 19.5 Å². The molecule has 0 heterocycles. The van der Waals surface area contributed by atoms with Crippen LogP contribution < -0.4 is 0 Å². The van der Waals surface area contributed by atoms with Crippen molar-refractivity contribution in [3.8, 4) is 0 Å². The second-order valence-corrected chi connectivity index (χ2v) is 2.39. The molecule has 0 amide bonds. The first-order valence-electron chi connectivity index (χ1n) is 3.80. The number of hydrogen-bond donors (Lipinski definition) is 0. The van der Waals surface area contributed by atoms with Gasteiger partial charge in [-0.05, 0) is 25.9 Å². The molecule has 0 N–H and O–H groups in total. The van der Waals surface area contributed by atoms with Crippen molar-refractivity contribution in [2.24, 2.45) is 0 Å². The van der Waals surface area contributed by atoms with Crippen LogP contribution in [0.15, 0.2) is 0 Å². The van der Waals surface area contributed by atoms with Gasteiger partial charge in [-0.1, -0.05) is 20.3 Å². The number of nitrogens with zero attached hydrogens (tertiary/aromatic N) is 1. The van der Waals surface area contributed by atoms with E-state index >= 15 is 0 Å². The zero-order valence-corrected chi connectivity index (χ0v) is 6.56. The second-order valence-electron chi connectivity index (χ2n) is 2.39. The molecule has 0 aliphatic rings. The Labute approximate surface area is 59.9 Å². The molecule has 0 rings (SSSR count). The first-order valence-corrected chi connectivity index (χ1v) is 3.80. The van der Waals surface area contributed by atoms with Crippen molar-refractivity contribution in [2.45, 2.75) is 33.1 Å². The lowest BCUT2D eigenvalue weighted by molar-refractivity contribution is 0.439. The molecular weight excluding hydrogens is 109 g/mol. The smallest absolute Gasteiger partial charge is 0.182 e. The van der Waals surface area contributed by atoms with Crippen LogP contribution in [-0.2, 0) is 0 Å². The summed E-state index contributed by atoms with van der Waals surface area (Å²) >= 11 is 0. The Bertz CT molecular complexity index is 56.9. The van der Waals surface area contributed by atoms with Crippen LogP contribution in [0.1, 0.15) is 33.1 Å². The van der Waals surface area contributed by atoms with Crippen molar-refractivity contribution >= 4 is 7.98 Å². The molecule has 0 spiro atoms. The van der Waals surface area contributed by atoms with Crippen LogP contribution in [0.25, 0.3) is 0 Å². The Kier molecular flexibility index (Phi) is 6.17. The highest BCUT2D eigenvalue weighted by Crippen LogP contribution is 1.91. The van der Waals surface area contributed by atoms with E-state index in [9.17, 15) is 0 Å². The minimum Gasteiger partial charge on any atom is -0.353 e. The molecule has 2 heteroatoms. The molecule has 0 aliphatic carbocycles. The molecule has 0 aromatic carbocycles. The highest BCUT2D eigenvalue weighted by molar-refractivity contribution is 6.04. The fourth-order valence-corrected chi connectivity index (χ4v) is 0.760. The van der Waals surface area contributed by atoms with Gasteiger partial charge in [-0.3, -0.25) is 0 Å². The maximum atomic E-state index is 5.60. The Balaban J connectivity index is 2.95. The third kappa shape index (κ3) is 5.90. The molecule has 0 saturated heterocycles. The maximum Gasteiger partial charge on any atom is 0.182 e. The lowest BCUT2D eigenvalue weighted by atomic mass is 10.2. The normalized spacial score (nSPS) is 10.6. The van der Waals surface area contributed by atoms with Gasteiger partial charge < -0.3 is 4.81 Å².